The first-order chi connectivity index (χ1) is 11.6. The van der Waals surface area contributed by atoms with Crippen LogP contribution in [-0.2, 0) is 9.59 Å². The summed E-state index contributed by atoms with van der Waals surface area (Å²) in [7, 11) is 0. The van der Waals surface area contributed by atoms with Crippen molar-refractivity contribution < 1.29 is 19.8 Å². The van der Waals surface area contributed by atoms with Crippen LogP contribution in [-0.4, -0.2) is 34.7 Å². The van der Waals surface area contributed by atoms with Crippen molar-refractivity contribution in [3.05, 3.63) is 0 Å². The maximum absolute atomic E-state index is 11.0. The van der Waals surface area contributed by atoms with Gasteiger partial charge in [0, 0.05) is 6.42 Å². The molecule has 1 unspecified atom stereocenters. The molecule has 0 saturated carbocycles. The molecule has 0 spiro atoms. The van der Waals surface area contributed by atoms with Gasteiger partial charge in [-0.25, -0.2) is 0 Å². The van der Waals surface area contributed by atoms with Crippen molar-refractivity contribution in [1.29, 1.82) is 0 Å². The van der Waals surface area contributed by atoms with Gasteiger partial charge in [-0.3, -0.25) is 9.59 Å². The number of aliphatic carboxylic acids is 2. The summed E-state index contributed by atoms with van der Waals surface area (Å²) in [4.78, 5) is 21.5. The molecule has 5 heteroatoms. The molecule has 142 valence electrons. The second-order valence-electron chi connectivity index (χ2n) is 6.67. The van der Waals surface area contributed by atoms with Crippen LogP contribution in [0.1, 0.15) is 96.8 Å². The molecule has 0 aromatic rings. The Hall–Kier alpha value is -1.10. The molecule has 0 bridgehead atoms. The summed E-state index contributed by atoms with van der Waals surface area (Å²) in [5, 5.41) is 20.6. The summed E-state index contributed by atoms with van der Waals surface area (Å²) in [5.74, 6) is -1.91. The zero-order valence-corrected chi connectivity index (χ0v) is 15.4. The van der Waals surface area contributed by atoms with Gasteiger partial charge in [-0.15, -0.1) is 0 Å². The number of unbranched alkanes of at least 4 members (excludes halogenated alkanes) is 11. The predicted molar refractivity (Wildman–Crippen MR) is 97.4 cm³/mol. The quantitative estimate of drug-likeness (QED) is 0.317. The fourth-order valence-electron chi connectivity index (χ4n) is 2.82. The Morgan fingerprint density at radius 3 is 1.67 bits per heavy atom. The third-order valence-electron chi connectivity index (χ3n) is 4.37. The Labute approximate surface area is 147 Å². The summed E-state index contributed by atoms with van der Waals surface area (Å²) in [6, 6.07) is -0.742. The predicted octanol–water partition coefficient (Wildman–Crippen LogP) is 4.60. The molecule has 0 amide bonds. The summed E-state index contributed by atoms with van der Waals surface area (Å²) in [6.07, 6.45) is 15.4. The van der Waals surface area contributed by atoms with E-state index in [2.05, 4.69) is 12.2 Å². The third kappa shape index (κ3) is 15.8. The van der Waals surface area contributed by atoms with E-state index in [0.717, 1.165) is 12.8 Å². The summed E-state index contributed by atoms with van der Waals surface area (Å²) >= 11 is 0. The first kappa shape index (κ1) is 22.9. The molecular formula is C19H37NO4. The van der Waals surface area contributed by atoms with Gasteiger partial charge in [0.25, 0.3) is 0 Å². The largest absolute Gasteiger partial charge is 0.481 e. The van der Waals surface area contributed by atoms with Crippen molar-refractivity contribution in [2.45, 2.75) is 103 Å². The Morgan fingerprint density at radius 2 is 1.25 bits per heavy atom. The van der Waals surface area contributed by atoms with Gasteiger partial charge in [0.15, 0.2) is 0 Å². The lowest BCUT2D eigenvalue weighted by atomic mass is 10.1. The summed E-state index contributed by atoms with van der Waals surface area (Å²) < 4.78 is 0. The Kier molecular flexibility index (Phi) is 16.0. The number of carboxylic acid groups (broad SMARTS) is 2. The third-order valence-corrected chi connectivity index (χ3v) is 4.37. The molecule has 0 saturated heterocycles. The lowest BCUT2D eigenvalue weighted by molar-refractivity contribution is -0.140. The minimum absolute atomic E-state index is 0.109. The SMILES string of the molecule is CCCCCCCCCCCCCCNC(CCC(=O)O)C(=O)O. The van der Waals surface area contributed by atoms with Crippen LogP contribution in [0.3, 0.4) is 0 Å². The second kappa shape index (κ2) is 16.7. The summed E-state index contributed by atoms with van der Waals surface area (Å²) in [5.41, 5.74) is 0. The minimum Gasteiger partial charge on any atom is -0.481 e. The van der Waals surface area contributed by atoms with Crippen LogP contribution in [0.15, 0.2) is 0 Å². The van der Waals surface area contributed by atoms with Gasteiger partial charge in [-0.05, 0) is 19.4 Å². The van der Waals surface area contributed by atoms with Crippen molar-refractivity contribution in [2.75, 3.05) is 6.54 Å². The molecule has 0 aliphatic heterocycles. The van der Waals surface area contributed by atoms with Crippen LogP contribution in [0.4, 0.5) is 0 Å². The van der Waals surface area contributed by atoms with E-state index in [1.165, 1.54) is 64.2 Å². The Balaban J connectivity index is 3.36. The van der Waals surface area contributed by atoms with Gasteiger partial charge in [-0.2, -0.15) is 0 Å². The first-order valence-electron chi connectivity index (χ1n) is 9.76. The van der Waals surface area contributed by atoms with Crippen molar-refractivity contribution in [3.63, 3.8) is 0 Å². The van der Waals surface area contributed by atoms with Crippen molar-refractivity contribution in [3.8, 4) is 0 Å². The molecule has 1 atom stereocenters. The second-order valence-corrected chi connectivity index (χ2v) is 6.67. The smallest absolute Gasteiger partial charge is 0.320 e. The van der Waals surface area contributed by atoms with Gasteiger partial charge in [0.2, 0.25) is 0 Å². The Morgan fingerprint density at radius 1 is 0.792 bits per heavy atom. The van der Waals surface area contributed by atoms with Gasteiger partial charge >= 0.3 is 11.9 Å². The Bertz CT molecular complexity index is 320. The van der Waals surface area contributed by atoms with E-state index in [-0.39, 0.29) is 12.8 Å². The number of nitrogens with one attached hydrogen (secondary N) is 1. The fraction of sp³-hybridized carbons (Fsp3) is 0.895. The molecule has 24 heavy (non-hydrogen) atoms. The van der Waals surface area contributed by atoms with Crippen molar-refractivity contribution in [1.82, 2.24) is 5.32 Å². The van der Waals surface area contributed by atoms with E-state index in [9.17, 15) is 9.59 Å². The number of hydrogen-bond donors (Lipinski definition) is 3. The zero-order chi connectivity index (χ0) is 18.0. The summed E-state index contributed by atoms with van der Waals surface area (Å²) in [6.45, 7) is 2.89. The zero-order valence-electron chi connectivity index (χ0n) is 15.4. The van der Waals surface area contributed by atoms with Gasteiger partial charge in [0.1, 0.15) is 6.04 Å². The molecule has 0 aliphatic rings. The average molecular weight is 344 g/mol. The number of hydrogen-bond acceptors (Lipinski definition) is 3. The maximum Gasteiger partial charge on any atom is 0.320 e. The van der Waals surface area contributed by atoms with Crippen LogP contribution in [0.2, 0.25) is 0 Å². The normalized spacial score (nSPS) is 12.2. The van der Waals surface area contributed by atoms with E-state index in [0.29, 0.717) is 6.54 Å². The minimum atomic E-state index is -0.963. The van der Waals surface area contributed by atoms with Gasteiger partial charge in [0.05, 0.1) is 0 Å². The number of carboxylic acids is 2. The molecule has 0 radical (unpaired) electrons. The van der Waals surface area contributed by atoms with E-state index in [4.69, 9.17) is 10.2 Å². The fourth-order valence-corrected chi connectivity index (χ4v) is 2.82. The maximum atomic E-state index is 11.0. The molecule has 0 aromatic heterocycles. The lowest BCUT2D eigenvalue weighted by Crippen LogP contribution is -2.37. The molecule has 0 aromatic carbocycles. The molecule has 0 heterocycles. The van der Waals surface area contributed by atoms with Crippen molar-refractivity contribution >= 4 is 11.9 Å². The van der Waals surface area contributed by atoms with Crippen LogP contribution in [0, 0.1) is 0 Å². The molecule has 0 fully saturated rings. The molecule has 0 aliphatic carbocycles. The highest BCUT2D eigenvalue weighted by atomic mass is 16.4. The molecular weight excluding hydrogens is 306 g/mol. The monoisotopic (exact) mass is 343 g/mol. The molecule has 0 rings (SSSR count). The highest BCUT2D eigenvalue weighted by Gasteiger charge is 2.17. The van der Waals surface area contributed by atoms with Gasteiger partial charge < -0.3 is 15.5 Å². The van der Waals surface area contributed by atoms with E-state index < -0.39 is 18.0 Å². The van der Waals surface area contributed by atoms with Crippen LogP contribution >= 0.6 is 0 Å². The van der Waals surface area contributed by atoms with E-state index >= 15 is 0 Å². The lowest BCUT2D eigenvalue weighted by Gasteiger charge is -2.13. The first-order valence-corrected chi connectivity index (χ1v) is 9.76. The van der Waals surface area contributed by atoms with Crippen LogP contribution in [0.25, 0.3) is 0 Å². The number of rotatable bonds is 18. The van der Waals surface area contributed by atoms with Gasteiger partial charge in [-0.1, -0.05) is 77.6 Å². The standard InChI is InChI=1S/C19H37NO4/c1-2-3-4-5-6-7-8-9-10-11-12-13-16-20-17(19(23)24)14-15-18(21)22/h17,20H,2-16H2,1H3,(H,21,22)(H,23,24). The van der Waals surface area contributed by atoms with Crippen molar-refractivity contribution in [2.24, 2.45) is 0 Å². The topological polar surface area (TPSA) is 86.6 Å². The van der Waals surface area contributed by atoms with Crippen LogP contribution < -0.4 is 5.32 Å². The van der Waals surface area contributed by atoms with E-state index in [1.807, 2.05) is 0 Å². The highest BCUT2D eigenvalue weighted by Crippen LogP contribution is 2.11. The molecule has 3 N–H and O–H groups in total. The number of carbonyl (C=O) groups is 2. The van der Waals surface area contributed by atoms with Crippen LogP contribution in [0.5, 0.6) is 0 Å². The highest BCUT2D eigenvalue weighted by molar-refractivity contribution is 5.75. The molecule has 5 nitrogen and oxygen atoms in total. The average Bonchev–Trinajstić information content (AvgIpc) is 2.54. The van der Waals surface area contributed by atoms with E-state index in [1.54, 1.807) is 0 Å².